The Morgan fingerprint density at radius 1 is 1.15 bits per heavy atom. The normalized spacial score (nSPS) is 15.3. The summed E-state index contributed by atoms with van der Waals surface area (Å²) in [5.41, 5.74) is 4.50. The molecule has 0 aliphatic carbocycles. The predicted octanol–water partition coefficient (Wildman–Crippen LogP) is 2.86. The third kappa shape index (κ3) is 4.65. The first-order chi connectivity index (χ1) is 12.9. The van der Waals surface area contributed by atoms with Gasteiger partial charge >= 0.3 is 0 Å². The Morgan fingerprint density at radius 2 is 1.85 bits per heavy atom. The molecule has 6 nitrogen and oxygen atoms in total. The van der Waals surface area contributed by atoms with Crippen molar-refractivity contribution in [1.82, 2.24) is 10.7 Å². The summed E-state index contributed by atoms with van der Waals surface area (Å²) in [6.07, 6.45) is 0.991. The van der Waals surface area contributed by atoms with E-state index in [0.29, 0.717) is 22.7 Å². The minimum atomic E-state index is -0.213. The molecule has 7 heteroatoms. The number of nitrogens with one attached hydrogen (secondary N) is 2. The lowest BCUT2D eigenvalue weighted by Crippen LogP contribution is -2.50. The fourth-order valence-electron chi connectivity index (χ4n) is 2.90. The van der Waals surface area contributed by atoms with Gasteiger partial charge in [0, 0.05) is 29.5 Å². The summed E-state index contributed by atoms with van der Waals surface area (Å²) in [4.78, 5) is 35.9. The highest BCUT2D eigenvalue weighted by atomic mass is 35.5. The first-order valence-electron chi connectivity index (χ1n) is 8.71. The van der Waals surface area contributed by atoms with E-state index < -0.39 is 0 Å². The summed E-state index contributed by atoms with van der Waals surface area (Å²) in [5, 5.41) is 4.83. The molecular weight excluding hydrogens is 366 g/mol. The minimum Gasteiger partial charge on any atom is -0.349 e. The quantitative estimate of drug-likeness (QED) is 0.830. The number of benzene rings is 2. The maximum atomic E-state index is 12.4. The molecule has 0 bridgehead atoms. The van der Waals surface area contributed by atoms with Gasteiger partial charge in [0.05, 0.1) is 5.69 Å². The van der Waals surface area contributed by atoms with E-state index in [9.17, 15) is 14.4 Å². The zero-order valence-corrected chi connectivity index (χ0v) is 15.6. The lowest BCUT2D eigenvalue weighted by Gasteiger charge is -2.27. The number of nitrogens with zero attached hydrogens (tertiary/aromatic N) is 1. The molecular formula is C20H20ClN3O3. The van der Waals surface area contributed by atoms with E-state index in [2.05, 4.69) is 10.7 Å². The lowest BCUT2D eigenvalue weighted by molar-refractivity contribution is -0.130. The summed E-state index contributed by atoms with van der Waals surface area (Å²) in [6.45, 7) is 1.91. The molecule has 140 valence electrons. The van der Waals surface area contributed by atoms with Crippen LogP contribution in [0.1, 0.15) is 35.7 Å². The highest BCUT2D eigenvalue weighted by molar-refractivity contribution is 6.31. The Balaban J connectivity index is 1.62. The monoisotopic (exact) mass is 385 g/mol. The second kappa shape index (κ2) is 8.22. The van der Waals surface area contributed by atoms with Gasteiger partial charge in [-0.1, -0.05) is 29.8 Å². The average molecular weight is 386 g/mol. The highest BCUT2D eigenvalue weighted by Crippen LogP contribution is 2.19. The van der Waals surface area contributed by atoms with Crippen molar-refractivity contribution in [3.05, 3.63) is 64.7 Å². The van der Waals surface area contributed by atoms with Gasteiger partial charge in [0.1, 0.15) is 0 Å². The molecule has 27 heavy (non-hydrogen) atoms. The smallest absolute Gasteiger partial charge is 0.251 e. The molecule has 1 aliphatic rings. The van der Waals surface area contributed by atoms with Crippen molar-refractivity contribution in [2.45, 2.75) is 32.2 Å². The highest BCUT2D eigenvalue weighted by Gasteiger charge is 2.24. The molecule has 3 amide bonds. The van der Waals surface area contributed by atoms with E-state index in [-0.39, 0.29) is 36.6 Å². The third-order valence-electron chi connectivity index (χ3n) is 4.30. The van der Waals surface area contributed by atoms with Crippen LogP contribution in [0, 0.1) is 0 Å². The van der Waals surface area contributed by atoms with Gasteiger partial charge in [0.15, 0.2) is 0 Å². The Hall–Kier alpha value is -2.86. The van der Waals surface area contributed by atoms with Gasteiger partial charge in [-0.15, -0.1) is 0 Å². The number of carbonyl (C=O) groups excluding carboxylic acids is 3. The van der Waals surface area contributed by atoms with Crippen molar-refractivity contribution in [3.8, 4) is 0 Å². The van der Waals surface area contributed by atoms with Crippen molar-refractivity contribution < 1.29 is 14.4 Å². The van der Waals surface area contributed by atoms with Gasteiger partial charge in [-0.3, -0.25) is 19.8 Å². The molecule has 1 atom stereocenters. The van der Waals surface area contributed by atoms with Crippen LogP contribution in [0.3, 0.4) is 0 Å². The third-order valence-corrected chi connectivity index (χ3v) is 4.67. The summed E-state index contributed by atoms with van der Waals surface area (Å²) in [6, 6.07) is 14.0. The Morgan fingerprint density at radius 3 is 2.56 bits per heavy atom. The van der Waals surface area contributed by atoms with E-state index >= 15 is 0 Å². The van der Waals surface area contributed by atoms with Crippen LogP contribution < -0.4 is 15.8 Å². The Bertz CT molecular complexity index is 867. The maximum Gasteiger partial charge on any atom is 0.251 e. The molecule has 0 unspecified atom stereocenters. The molecule has 0 saturated carbocycles. The number of carbonyl (C=O) groups is 3. The van der Waals surface area contributed by atoms with Gasteiger partial charge in [-0.05, 0) is 49.2 Å². The van der Waals surface area contributed by atoms with Crippen LogP contribution in [0.4, 0.5) is 5.69 Å². The maximum absolute atomic E-state index is 12.4. The van der Waals surface area contributed by atoms with E-state index in [1.54, 1.807) is 24.3 Å². The molecule has 0 aromatic heterocycles. The van der Waals surface area contributed by atoms with Gasteiger partial charge in [-0.2, -0.15) is 0 Å². The fraction of sp³-hybridized carbons (Fsp3) is 0.250. The van der Waals surface area contributed by atoms with Crippen LogP contribution in [-0.2, 0) is 16.0 Å². The number of hydrogen-bond donors (Lipinski definition) is 2. The van der Waals surface area contributed by atoms with Crippen molar-refractivity contribution in [3.63, 3.8) is 0 Å². The summed E-state index contributed by atoms with van der Waals surface area (Å²) in [5.74, 6) is -0.597. The number of halogens is 1. The van der Waals surface area contributed by atoms with Crippen LogP contribution in [0.2, 0.25) is 5.02 Å². The van der Waals surface area contributed by atoms with Crippen molar-refractivity contribution in [1.29, 1.82) is 0 Å². The van der Waals surface area contributed by atoms with Gasteiger partial charge in [0.2, 0.25) is 11.8 Å². The number of anilines is 1. The second-order valence-corrected chi connectivity index (χ2v) is 6.89. The number of hydrogen-bond acceptors (Lipinski definition) is 3. The summed E-state index contributed by atoms with van der Waals surface area (Å²) >= 11 is 6.16. The van der Waals surface area contributed by atoms with Crippen molar-refractivity contribution in [2.24, 2.45) is 0 Å². The molecule has 2 aromatic carbocycles. The first kappa shape index (κ1) is 18.9. The molecule has 3 rings (SSSR count). The molecule has 1 fully saturated rings. The molecule has 0 spiro atoms. The summed E-state index contributed by atoms with van der Waals surface area (Å²) in [7, 11) is 0. The van der Waals surface area contributed by atoms with E-state index in [1.165, 1.54) is 5.01 Å². The predicted molar refractivity (Wildman–Crippen MR) is 103 cm³/mol. The minimum absolute atomic E-state index is 0.0972. The van der Waals surface area contributed by atoms with Crippen LogP contribution in [0.5, 0.6) is 0 Å². The molecule has 1 saturated heterocycles. The topological polar surface area (TPSA) is 78.5 Å². The first-order valence-corrected chi connectivity index (χ1v) is 9.08. The standard InChI is InChI=1S/C20H20ClN3O3/c1-13(12-15-4-2-3-5-17(15)21)22-20(27)14-6-8-16(9-7-14)24-19(26)11-10-18(25)23-24/h2-9,13H,10-12H2,1H3,(H,22,27)(H,23,25)/t13-/m0/s1. The van der Waals surface area contributed by atoms with Crippen LogP contribution >= 0.6 is 11.6 Å². The molecule has 2 aromatic rings. The molecule has 1 aliphatic heterocycles. The molecule has 0 radical (unpaired) electrons. The lowest BCUT2D eigenvalue weighted by atomic mass is 10.1. The number of amides is 3. The van der Waals surface area contributed by atoms with Gasteiger partial charge < -0.3 is 5.32 Å². The SMILES string of the molecule is C[C@@H](Cc1ccccc1Cl)NC(=O)c1ccc(N2NC(=O)CCC2=O)cc1. The number of hydrazine groups is 1. The fourth-order valence-corrected chi connectivity index (χ4v) is 3.11. The zero-order chi connectivity index (χ0) is 19.4. The zero-order valence-electron chi connectivity index (χ0n) is 14.9. The molecule has 1 heterocycles. The van der Waals surface area contributed by atoms with E-state index in [0.717, 1.165) is 5.56 Å². The van der Waals surface area contributed by atoms with Crippen LogP contribution in [0.15, 0.2) is 48.5 Å². The van der Waals surface area contributed by atoms with Crippen molar-refractivity contribution >= 4 is 35.0 Å². The Labute approximate surface area is 162 Å². The largest absolute Gasteiger partial charge is 0.349 e. The Kier molecular flexibility index (Phi) is 5.76. The molecule has 2 N–H and O–H groups in total. The van der Waals surface area contributed by atoms with Crippen LogP contribution in [0.25, 0.3) is 0 Å². The van der Waals surface area contributed by atoms with E-state index in [1.807, 2.05) is 31.2 Å². The van der Waals surface area contributed by atoms with Crippen LogP contribution in [-0.4, -0.2) is 23.8 Å². The summed E-state index contributed by atoms with van der Waals surface area (Å²) < 4.78 is 0. The van der Waals surface area contributed by atoms with E-state index in [4.69, 9.17) is 11.6 Å². The van der Waals surface area contributed by atoms with Gasteiger partial charge in [-0.25, -0.2) is 5.01 Å². The van der Waals surface area contributed by atoms with Gasteiger partial charge in [0.25, 0.3) is 5.91 Å². The number of rotatable bonds is 5. The average Bonchev–Trinajstić information content (AvgIpc) is 2.65. The van der Waals surface area contributed by atoms with Crippen molar-refractivity contribution in [2.75, 3.05) is 5.01 Å². The second-order valence-electron chi connectivity index (χ2n) is 6.48.